The molecule has 7 heteroatoms. The van der Waals surface area contributed by atoms with Gasteiger partial charge in [-0.15, -0.1) is 0 Å². The molecule has 6 nitrogen and oxygen atoms in total. The molecule has 1 saturated heterocycles. The van der Waals surface area contributed by atoms with Crippen molar-refractivity contribution in [3.8, 4) is 0 Å². The van der Waals surface area contributed by atoms with Gasteiger partial charge in [0.2, 0.25) is 0 Å². The zero-order chi connectivity index (χ0) is 19.4. The van der Waals surface area contributed by atoms with Crippen LogP contribution in [0, 0.1) is 6.92 Å². The molecule has 2 aromatic rings. The van der Waals surface area contributed by atoms with Gasteiger partial charge in [0.1, 0.15) is 5.82 Å². The van der Waals surface area contributed by atoms with Crippen molar-refractivity contribution in [1.29, 1.82) is 0 Å². The van der Waals surface area contributed by atoms with Crippen LogP contribution in [0.3, 0.4) is 0 Å². The zero-order valence-corrected chi connectivity index (χ0v) is 16.9. The van der Waals surface area contributed by atoms with E-state index in [9.17, 15) is 0 Å². The number of nitrogens with zero attached hydrogens (tertiary/aromatic N) is 4. The summed E-state index contributed by atoms with van der Waals surface area (Å²) in [5.41, 5.74) is 15.6. The molecule has 0 spiro atoms. The van der Waals surface area contributed by atoms with E-state index in [4.69, 9.17) is 23.1 Å². The molecular formula is C20H29ClN6. The molecule has 1 fully saturated rings. The number of rotatable bonds is 6. The number of halogens is 1. The van der Waals surface area contributed by atoms with Gasteiger partial charge in [0, 0.05) is 32.7 Å². The highest BCUT2D eigenvalue weighted by Crippen LogP contribution is 2.32. The number of aromatic nitrogens is 2. The Labute approximate surface area is 166 Å². The molecule has 0 amide bonds. The van der Waals surface area contributed by atoms with Gasteiger partial charge >= 0.3 is 0 Å². The largest absolute Gasteiger partial charge is 0.397 e. The number of aryl methyl sites for hydroxylation is 1. The molecule has 1 aromatic carbocycles. The second-order valence-corrected chi connectivity index (χ2v) is 7.32. The van der Waals surface area contributed by atoms with Gasteiger partial charge in [-0.25, -0.2) is 4.68 Å². The van der Waals surface area contributed by atoms with E-state index < -0.39 is 0 Å². The Bertz CT molecular complexity index is 790. The van der Waals surface area contributed by atoms with Crippen molar-refractivity contribution in [2.24, 2.45) is 5.73 Å². The van der Waals surface area contributed by atoms with Gasteiger partial charge in [-0.1, -0.05) is 48.9 Å². The first kappa shape index (κ1) is 19.7. The summed E-state index contributed by atoms with van der Waals surface area (Å²) in [4.78, 5) is 4.93. The number of hydrogen-bond acceptors (Lipinski definition) is 5. The molecule has 4 N–H and O–H groups in total. The van der Waals surface area contributed by atoms with E-state index in [1.165, 1.54) is 0 Å². The maximum atomic E-state index is 6.60. The smallest absolute Gasteiger partial charge is 0.130 e. The topological polar surface area (TPSA) is 76.3 Å². The Morgan fingerprint density at radius 2 is 1.70 bits per heavy atom. The van der Waals surface area contributed by atoms with Gasteiger partial charge in [-0.2, -0.15) is 5.10 Å². The molecule has 0 unspecified atom stereocenters. The number of nitrogen functional groups attached to an aromatic ring is 1. The van der Waals surface area contributed by atoms with Crippen LogP contribution < -0.4 is 11.5 Å². The zero-order valence-electron chi connectivity index (χ0n) is 16.2. The summed E-state index contributed by atoms with van der Waals surface area (Å²) in [6.45, 7) is 11.3. The van der Waals surface area contributed by atoms with Gasteiger partial charge < -0.3 is 16.4 Å². The first-order chi connectivity index (χ1) is 13.0. The first-order valence-electron chi connectivity index (χ1n) is 9.49. The quantitative estimate of drug-likeness (QED) is 0.794. The third-order valence-electron chi connectivity index (χ3n) is 5.25. The predicted octanol–water partition coefficient (Wildman–Crippen LogP) is 2.43. The predicted molar refractivity (Wildman–Crippen MR) is 113 cm³/mol. The fourth-order valence-corrected chi connectivity index (χ4v) is 3.83. The van der Waals surface area contributed by atoms with E-state index in [1.807, 2.05) is 41.9 Å². The Kier molecular flexibility index (Phi) is 6.42. The summed E-state index contributed by atoms with van der Waals surface area (Å²) in [5, 5.41) is 5.06. The van der Waals surface area contributed by atoms with Crippen molar-refractivity contribution in [1.82, 2.24) is 19.6 Å². The summed E-state index contributed by atoms with van der Waals surface area (Å²) in [5.74, 6) is 0.573. The van der Waals surface area contributed by atoms with E-state index in [0.29, 0.717) is 16.5 Å². The normalized spacial score (nSPS) is 17.1. The van der Waals surface area contributed by atoms with Crippen molar-refractivity contribution in [2.75, 3.05) is 45.0 Å². The lowest BCUT2D eigenvalue weighted by atomic mass is 10.1. The molecule has 1 aromatic heterocycles. The Morgan fingerprint density at radius 1 is 1.07 bits per heavy atom. The first-order valence-corrected chi connectivity index (χ1v) is 9.87. The SMILES string of the molecule is CCN1CCN(CCn2nc(C)c(/C(Cl)=C(\N)c3ccccc3)c2N)CC1. The van der Waals surface area contributed by atoms with E-state index >= 15 is 0 Å². The molecule has 2 heterocycles. The highest BCUT2D eigenvalue weighted by Gasteiger charge is 2.20. The summed E-state index contributed by atoms with van der Waals surface area (Å²) >= 11 is 6.60. The van der Waals surface area contributed by atoms with Gasteiger partial charge in [0.15, 0.2) is 0 Å². The highest BCUT2D eigenvalue weighted by molar-refractivity contribution is 6.53. The average Bonchev–Trinajstić information content (AvgIpc) is 2.99. The molecule has 27 heavy (non-hydrogen) atoms. The standard InChI is InChI=1S/C20H29ClN6/c1-3-25-9-11-26(12-10-25)13-14-27-20(23)17(15(2)24-27)18(21)19(22)16-7-5-4-6-8-16/h4-8H,3,9-14,22-23H2,1-2H3/b19-18+. The molecule has 0 atom stereocenters. The molecule has 0 radical (unpaired) electrons. The molecule has 1 aliphatic rings. The van der Waals surface area contributed by atoms with Crippen LogP contribution in [0.25, 0.3) is 10.7 Å². The van der Waals surface area contributed by atoms with Crippen LogP contribution in [0.1, 0.15) is 23.7 Å². The van der Waals surface area contributed by atoms with Crippen molar-refractivity contribution in [3.63, 3.8) is 0 Å². The maximum Gasteiger partial charge on any atom is 0.130 e. The second-order valence-electron chi connectivity index (χ2n) is 6.94. The molecule has 1 aliphatic heterocycles. The van der Waals surface area contributed by atoms with Crippen LogP contribution in [0.2, 0.25) is 0 Å². The van der Waals surface area contributed by atoms with Crippen LogP contribution in [0.15, 0.2) is 30.3 Å². The molecular weight excluding hydrogens is 360 g/mol. The van der Waals surface area contributed by atoms with Crippen LogP contribution in [0.5, 0.6) is 0 Å². The van der Waals surface area contributed by atoms with E-state index in [2.05, 4.69) is 21.8 Å². The Morgan fingerprint density at radius 3 is 2.33 bits per heavy atom. The number of benzene rings is 1. The van der Waals surface area contributed by atoms with E-state index in [0.717, 1.165) is 62.6 Å². The highest BCUT2D eigenvalue weighted by atomic mass is 35.5. The summed E-state index contributed by atoms with van der Waals surface area (Å²) in [6.07, 6.45) is 0. The average molecular weight is 389 g/mol. The van der Waals surface area contributed by atoms with Crippen LogP contribution in [-0.2, 0) is 6.54 Å². The molecule has 0 bridgehead atoms. The van der Waals surface area contributed by atoms with Gasteiger partial charge in [-0.3, -0.25) is 4.90 Å². The fourth-order valence-electron chi connectivity index (χ4n) is 3.49. The molecule has 3 rings (SSSR count). The van der Waals surface area contributed by atoms with Crippen molar-refractivity contribution in [3.05, 3.63) is 47.2 Å². The van der Waals surface area contributed by atoms with Crippen molar-refractivity contribution < 1.29 is 0 Å². The van der Waals surface area contributed by atoms with Gasteiger partial charge in [-0.05, 0) is 19.0 Å². The number of piperazine rings is 1. The molecule has 0 saturated carbocycles. The summed E-state index contributed by atoms with van der Waals surface area (Å²) in [7, 11) is 0. The number of anilines is 1. The number of nitrogens with two attached hydrogens (primary N) is 2. The molecule has 0 aliphatic carbocycles. The lowest BCUT2D eigenvalue weighted by Crippen LogP contribution is -2.47. The van der Waals surface area contributed by atoms with Crippen molar-refractivity contribution >= 4 is 28.1 Å². The molecule has 146 valence electrons. The third kappa shape index (κ3) is 4.46. The van der Waals surface area contributed by atoms with Crippen LogP contribution in [-0.4, -0.2) is 58.8 Å². The Balaban J connectivity index is 1.73. The van der Waals surface area contributed by atoms with Crippen molar-refractivity contribution in [2.45, 2.75) is 20.4 Å². The van der Waals surface area contributed by atoms with Crippen LogP contribution >= 0.6 is 11.6 Å². The fraction of sp³-hybridized carbons (Fsp3) is 0.450. The number of hydrogen-bond donors (Lipinski definition) is 2. The van der Waals surface area contributed by atoms with Gasteiger partial charge in [0.05, 0.1) is 28.5 Å². The third-order valence-corrected chi connectivity index (χ3v) is 5.64. The maximum absolute atomic E-state index is 6.60. The lowest BCUT2D eigenvalue weighted by molar-refractivity contribution is 0.133. The summed E-state index contributed by atoms with van der Waals surface area (Å²) < 4.78 is 1.84. The minimum absolute atomic E-state index is 0.457. The second kappa shape index (κ2) is 8.78. The summed E-state index contributed by atoms with van der Waals surface area (Å²) in [6, 6.07) is 9.68. The minimum Gasteiger partial charge on any atom is -0.397 e. The van der Waals surface area contributed by atoms with E-state index in [-0.39, 0.29) is 0 Å². The minimum atomic E-state index is 0.457. The van der Waals surface area contributed by atoms with E-state index in [1.54, 1.807) is 0 Å². The van der Waals surface area contributed by atoms with Gasteiger partial charge in [0.25, 0.3) is 0 Å². The lowest BCUT2D eigenvalue weighted by Gasteiger charge is -2.33. The monoisotopic (exact) mass is 388 g/mol. The van der Waals surface area contributed by atoms with Crippen LogP contribution in [0.4, 0.5) is 5.82 Å². The number of likely N-dealkylation sites (N-methyl/N-ethyl adjacent to an activating group) is 1. The Hall–Kier alpha value is -2.02.